The second-order valence-corrected chi connectivity index (χ2v) is 8.39. The molecule has 1 atom stereocenters. The Bertz CT molecular complexity index is 774. The molecule has 1 aromatic heterocycles. The number of halogens is 3. The van der Waals surface area contributed by atoms with E-state index in [1.807, 2.05) is 30.3 Å². The van der Waals surface area contributed by atoms with E-state index in [0.29, 0.717) is 5.69 Å². The highest BCUT2D eigenvalue weighted by molar-refractivity contribution is 7.80. The third-order valence-electron chi connectivity index (χ3n) is 3.29. The van der Waals surface area contributed by atoms with Gasteiger partial charge >= 0.3 is 0 Å². The van der Waals surface area contributed by atoms with Crippen LogP contribution in [0.4, 0.5) is 5.69 Å². The lowest BCUT2D eigenvalue weighted by Gasteiger charge is -2.28. The van der Waals surface area contributed by atoms with Crippen molar-refractivity contribution in [2.24, 2.45) is 5.92 Å². The van der Waals surface area contributed by atoms with Crippen LogP contribution in [-0.4, -0.2) is 26.0 Å². The third-order valence-corrected chi connectivity index (χ3v) is 4.17. The van der Waals surface area contributed by atoms with Crippen LogP contribution in [0.3, 0.4) is 0 Å². The second kappa shape index (κ2) is 8.36. The van der Waals surface area contributed by atoms with Crippen molar-refractivity contribution in [1.29, 1.82) is 0 Å². The fourth-order valence-electron chi connectivity index (χ4n) is 2.00. The molecule has 2 aromatic rings. The number of nitrogens with one attached hydrogen (secondary N) is 3. The summed E-state index contributed by atoms with van der Waals surface area (Å²) in [6, 6.07) is 9.44. The normalized spacial score (nSPS) is 12.7. The van der Waals surface area contributed by atoms with Crippen LogP contribution >= 0.6 is 47.0 Å². The lowest BCUT2D eigenvalue weighted by Crippen LogP contribution is -2.56. The van der Waals surface area contributed by atoms with Crippen molar-refractivity contribution in [3.63, 3.8) is 0 Å². The van der Waals surface area contributed by atoms with Gasteiger partial charge in [0.25, 0.3) is 0 Å². The van der Waals surface area contributed by atoms with Crippen molar-refractivity contribution in [1.82, 2.24) is 15.6 Å². The van der Waals surface area contributed by atoms with Crippen molar-refractivity contribution in [2.75, 3.05) is 5.32 Å². The van der Waals surface area contributed by atoms with E-state index in [0.717, 1.165) is 10.9 Å². The van der Waals surface area contributed by atoms with Crippen LogP contribution in [0.1, 0.15) is 13.8 Å². The summed E-state index contributed by atoms with van der Waals surface area (Å²) in [5.74, 6) is -0.529. The highest BCUT2D eigenvalue weighted by atomic mass is 35.6. The molecule has 0 saturated carbocycles. The SMILES string of the molecule is CC(C)C(=O)N[C@H](NC(=S)Nc1cccc2cccnc12)C(Cl)(Cl)Cl. The minimum atomic E-state index is -1.78. The topological polar surface area (TPSA) is 66.1 Å². The molecule has 0 bridgehead atoms. The Morgan fingerprint density at radius 2 is 1.84 bits per heavy atom. The zero-order valence-corrected chi connectivity index (χ0v) is 16.6. The molecule has 5 nitrogen and oxygen atoms in total. The van der Waals surface area contributed by atoms with Gasteiger partial charge in [-0.05, 0) is 24.4 Å². The van der Waals surface area contributed by atoms with Crippen LogP contribution in [0.25, 0.3) is 10.9 Å². The number of nitrogens with zero attached hydrogens (tertiary/aromatic N) is 1. The Kier molecular flexibility index (Phi) is 6.68. The number of amides is 1. The van der Waals surface area contributed by atoms with Gasteiger partial charge in [0.1, 0.15) is 6.17 Å². The van der Waals surface area contributed by atoms with E-state index in [2.05, 4.69) is 20.9 Å². The van der Waals surface area contributed by atoms with Gasteiger partial charge in [-0.1, -0.05) is 66.8 Å². The number of thiocarbonyl (C=S) groups is 1. The molecule has 9 heteroatoms. The Hall–Kier alpha value is -1.34. The number of benzene rings is 1. The summed E-state index contributed by atoms with van der Waals surface area (Å²) < 4.78 is -1.78. The third kappa shape index (κ3) is 5.57. The van der Waals surface area contributed by atoms with Crippen LogP contribution in [0, 0.1) is 5.92 Å². The first-order valence-corrected chi connectivity index (χ1v) is 9.01. The average molecular weight is 420 g/mol. The van der Waals surface area contributed by atoms with E-state index >= 15 is 0 Å². The molecule has 1 aromatic carbocycles. The number of hydrogen-bond donors (Lipinski definition) is 3. The minimum absolute atomic E-state index is 0.193. The predicted octanol–water partition coefficient (Wildman–Crippen LogP) is 3.99. The fraction of sp³-hybridized carbons (Fsp3) is 0.312. The Morgan fingerprint density at radius 3 is 2.48 bits per heavy atom. The number of fused-ring (bicyclic) bond motifs is 1. The lowest BCUT2D eigenvalue weighted by molar-refractivity contribution is -0.124. The van der Waals surface area contributed by atoms with E-state index < -0.39 is 9.96 Å². The van der Waals surface area contributed by atoms with Gasteiger partial charge in [-0.15, -0.1) is 0 Å². The number of anilines is 1. The van der Waals surface area contributed by atoms with Crippen LogP contribution in [0.5, 0.6) is 0 Å². The van der Waals surface area contributed by atoms with E-state index in [1.54, 1.807) is 20.0 Å². The molecule has 3 N–H and O–H groups in total. The van der Waals surface area contributed by atoms with Gasteiger partial charge in [-0.3, -0.25) is 9.78 Å². The largest absolute Gasteiger partial charge is 0.339 e. The van der Waals surface area contributed by atoms with Crippen LogP contribution in [0.2, 0.25) is 0 Å². The van der Waals surface area contributed by atoms with Gasteiger partial charge in [-0.2, -0.15) is 0 Å². The summed E-state index contributed by atoms with van der Waals surface area (Å²) in [4.78, 5) is 16.2. The van der Waals surface area contributed by atoms with E-state index in [-0.39, 0.29) is 16.9 Å². The van der Waals surface area contributed by atoms with Crippen molar-refractivity contribution in [2.45, 2.75) is 23.8 Å². The summed E-state index contributed by atoms with van der Waals surface area (Å²) in [6.07, 6.45) is 0.701. The summed E-state index contributed by atoms with van der Waals surface area (Å²) >= 11 is 23.1. The maximum Gasteiger partial charge on any atom is 0.228 e. The van der Waals surface area contributed by atoms with E-state index in [9.17, 15) is 4.79 Å². The molecular weight excluding hydrogens is 403 g/mol. The second-order valence-electron chi connectivity index (χ2n) is 5.62. The number of hydrogen-bond acceptors (Lipinski definition) is 3. The Morgan fingerprint density at radius 1 is 1.16 bits per heavy atom. The van der Waals surface area contributed by atoms with Crippen molar-refractivity contribution in [3.05, 3.63) is 36.5 Å². The Labute approximate surface area is 166 Å². The molecule has 0 saturated heterocycles. The molecule has 0 radical (unpaired) electrons. The van der Waals surface area contributed by atoms with E-state index in [1.165, 1.54) is 0 Å². The maximum absolute atomic E-state index is 11.9. The molecule has 0 fully saturated rings. The molecule has 1 amide bonds. The predicted molar refractivity (Wildman–Crippen MR) is 108 cm³/mol. The number of alkyl halides is 3. The zero-order valence-electron chi connectivity index (χ0n) is 13.5. The van der Waals surface area contributed by atoms with Crippen LogP contribution < -0.4 is 16.0 Å². The highest BCUT2D eigenvalue weighted by Gasteiger charge is 2.35. The first kappa shape index (κ1) is 20.0. The summed E-state index contributed by atoms with van der Waals surface area (Å²) in [7, 11) is 0. The fourth-order valence-corrected chi connectivity index (χ4v) is 2.56. The monoisotopic (exact) mass is 418 g/mol. The van der Waals surface area contributed by atoms with Crippen molar-refractivity contribution >= 4 is 74.6 Å². The van der Waals surface area contributed by atoms with Gasteiger partial charge in [0, 0.05) is 17.5 Å². The number of rotatable bonds is 4. The van der Waals surface area contributed by atoms with Crippen molar-refractivity contribution in [3.8, 4) is 0 Å². The van der Waals surface area contributed by atoms with Gasteiger partial charge in [0.15, 0.2) is 5.11 Å². The molecule has 0 unspecified atom stereocenters. The number of carbonyl (C=O) groups excluding carboxylic acids is 1. The van der Waals surface area contributed by atoms with E-state index in [4.69, 9.17) is 47.0 Å². The van der Waals surface area contributed by atoms with Gasteiger partial charge < -0.3 is 16.0 Å². The van der Waals surface area contributed by atoms with Crippen molar-refractivity contribution < 1.29 is 4.79 Å². The van der Waals surface area contributed by atoms with Crippen LogP contribution in [0.15, 0.2) is 36.5 Å². The summed E-state index contributed by atoms with van der Waals surface area (Å²) in [6.45, 7) is 3.48. The first-order chi connectivity index (χ1) is 11.7. The zero-order chi connectivity index (χ0) is 18.6. The highest BCUT2D eigenvalue weighted by Crippen LogP contribution is 2.29. The number of para-hydroxylation sites is 1. The minimum Gasteiger partial charge on any atom is -0.339 e. The van der Waals surface area contributed by atoms with Gasteiger partial charge in [-0.25, -0.2) is 0 Å². The molecule has 0 aliphatic rings. The molecule has 0 spiro atoms. The maximum atomic E-state index is 11.9. The number of pyridine rings is 1. The average Bonchev–Trinajstić information content (AvgIpc) is 2.53. The molecule has 0 aliphatic carbocycles. The van der Waals surface area contributed by atoms with Crippen LogP contribution in [-0.2, 0) is 4.79 Å². The van der Waals surface area contributed by atoms with Gasteiger partial charge in [0.05, 0.1) is 11.2 Å². The number of aromatic nitrogens is 1. The quantitative estimate of drug-likeness (QED) is 0.397. The Balaban J connectivity index is 2.14. The molecule has 1 heterocycles. The summed E-state index contributed by atoms with van der Waals surface area (Å²) in [5, 5.41) is 9.62. The molecule has 0 aliphatic heterocycles. The molecular formula is C16H17Cl3N4OS. The van der Waals surface area contributed by atoms with Gasteiger partial charge in [0.2, 0.25) is 9.70 Å². The molecule has 2 rings (SSSR count). The standard InChI is InChI=1S/C16H17Cl3N4OS/c1-9(2)13(24)22-14(16(17,18)19)23-15(25)21-11-7-3-5-10-6-4-8-20-12(10)11/h3-9,14H,1-2H3,(H,22,24)(H2,21,23,25)/t14-/m1/s1. The first-order valence-electron chi connectivity index (χ1n) is 7.47. The smallest absolute Gasteiger partial charge is 0.228 e. The lowest BCUT2D eigenvalue weighted by atomic mass is 10.2. The molecule has 25 heavy (non-hydrogen) atoms. The summed E-state index contributed by atoms with van der Waals surface area (Å²) in [5.41, 5.74) is 1.46. The number of carbonyl (C=O) groups is 1. The molecule has 134 valence electrons.